The Bertz CT molecular complexity index is 1280. The molecule has 4 rings (SSSR count). The molecule has 0 bridgehead atoms. The highest BCUT2D eigenvalue weighted by atomic mass is 35.5. The smallest absolute Gasteiger partial charge is 0.262 e. The molecule has 0 aromatic heterocycles. The van der Waals surface area contributed by atoms with Crippen molar-refractivity contribution in [2.45, 2.75) is 13.0 Å². The Morgan fingerprint density at radius 3 is 2.41 bits per heavy atom. The quantitative estimate of drug-likeness (QED) is 0.409. The fourth-order valence-corrected chi connectivity index (χ4v) is 4.22. The van der Waals surface area contributed by atoms with Gasteiger partial charge in [0.2, 0.25) is 11.8 Å². The normalized spacial score (nSPS) is 14.8. The van der Waals surface area contributed by atoms with E-state index in [0.717, 1.165) is 11.3 Å². The van der Waals surface area contributed by atoms with Crippen LogP contribution in [0.5, 0.6) is 11.5 Å². The fourth-order valence-electron chi connectivity index (χ4n) is 3.87. The first-order valence-corrected chi connectivity index (χ1v) is 12.3. The molecule has 1 aliphatic rings. The number of ether oxygens (including phenoxy) is 2. The van der Waals surface area contributed by atoms with E-state index in [1.807, 2.05) is 24.3 Å². The fraction of sp³-hybridized carbons (Fsp3) is 0.222. The molecule has 3 amide bonds. The van der Waals surface area contributed by atoms with Crippen molar-refractivity contribution in [3.8, 4) is 11.5 Å². The first kappa shape index (κ1) is 26.3. The lowest BCUT2D eigenvalue weighted by molar-refractivity contribution is -0.126. The molecule has 3 aromatic carbocycles. The highest BCUT2D eigenvalue weighted by Gasteiger charge is 2.35. The largest absolute Gasteiger partial charge is 0.497 e. The van der Waals surface area contributed by atoms with Gasteiger partial charge in [0.25, 0.3) is 5.91 Å². The minimum atomic E-state index is -0.441. The van der Waals surface area contributed by atoms with E-state index in [1.165, 1.54) is 0 Å². The number of nitrogens with one attached hydrogen (secondary N) is 2. The summed E-state index contributed by atoms with van der Waals surface area (Å²) in [6.07, 6.45) is 0.138. The summed E-state index contributed by atoms with van der Waals surface area (Å²) in [5.41, 5.74) is 1.99. The van der Waals surface area contributed by atoms with E-state index in [2.05, 4.69) is 10.6 Å². The van der Waals surface area contributed by atoms with Crippen molar-refractivity contribution in [2.24, 2.45) is 5.92 Å². The molecule has 1 heterocycles. The first-order valence-electron chi connectivity index (χ1n) is 11.5. The van der Waals surface area contributed by atoms with Gasteiger partial charge in [-0.15, -0.1) is 0 Å². The number of hydrogen-bond donors (Lipinski definition) is 2. The van der Waals surface area contributed by atoms with Gasteiger partial charge in [-0.1, -0.05) is 41.4 Å². The molecule has 0 unspecified atom stereocenters. The molecule has 1 saturated heterocycles. The summed E-state index contributed by atoms with van der Waals surface area (Å²) in [5, 5.41) is 6.14. The van der Waals surface area contributed by atoms with Crippen LogP contribution >= 0.6 is 23.2 Å². The highest BCUT2D eigenvalue weighted by Crippen LogP contribution is 2.30. The Labute approximate surface area is 224 Å². The van der Waals surface area contributed by atoms with E-state index in [0.29, 0.717) is 28.7 Å². The number of hydrogen-bond acceptors (Lipinski definition) is 5. The Kier molecular flexibility index (Phi) is 8.53. The maximum Gasteiger partial charge on any atom is 0.262 e. The summed E-state index contributed by atoms with van der Waals surface area (Å²) in [7, 11) is 1.60. The molecule has 0 aliphatic carbocycles. The highest BCUT2D eigenvalue weighted by molar-refractivity contribution is 6.44. The molecule has 1 aliphatic heterocycles. The zero-order valence-corrected chi connectivity index (χ0v) is 21.5. The summed E-state index contributed by atoms with van der Waals surface area (Å²) in [5.74, 6) is 0.0643. The number of carbonyl (C=O) groups is 3. The van der Waals surface area contributed by atoms with Crippen molar-refractivity contribution in [1.82, 2.24) is 5.32 Å². The molecular formula is C27H25Cl2N3O5. The third-order valence-corrected chi connectivity index (χ3v) is 6.68. The number of benzene rings is 3. The number of nitrogens with zero attached hydrogens (tertiary/aromatic N) is 1. The van der Waals surface area contributed by atoms with Gasteiger partial charge in [0, 0.05) is 25.2 Å². The average molecular weight is 542 g/mol. The second-order valence-electron chi connectivity index (χ2n) is 8.40. The number of anilines is 2. The van der Waals surface area contributed by atoms with Crippen molar-refractivity contribution < 1.29 is 23.9 Å². The van der Waals surface area contributed by atoms with Crippen LogP contribution in [0.4, 0.5) is 11.4 Å². The van der Waals surface area contributed by atoms with Gasteiger partial charge >= 0.3 is 0 Å². The molecule has 3 aromatic rings. The van der Waals surface area contributed by atoms with Crippen LogP contribution in [0.2, 0.25) is 10.0 Å². The molecule has 192 valence electrons. The zero-order chi connectivity index (χ0) is 26.4. The van der Waals surface area contributed by atoms with E-state index in [9.17, 15) is 14.4 Å². The van der Waals surface area contributed by atoms with Gasteiger partial charge in [-0.25, -0.2) is 0 Å². The molecule has 0 saturated carbocycles. The van der Waals surface area contributed by atoms with Gasteiger partial charge in [0.15, 0.2) is 6.61 Å². The third kappa shape index (κ3) is 6.72. The molecule has 37 heavy (non-hydrogen) atoms. The predicted octanol–water partition coefficient (Wildman–Crippen LogP) is 4.69. The van der Waals surface area contributed by atoms with Gasteiger partial charge in [-0.05, 0) is 54.1 Å². The predicted molar refractivity (Wildman–Crippen MR) is 142 cm³/mol. The molecule has 10 heteroatoms. The van der Waals surface area contributed by atoms with Crippen molar-refractivity contribution in [2.75, 3.05) is 30.5 Å². The SMILES string of the molecule is COc1ccc(CNC(=O)[C@H]2CC(=O)N(c3ccc(OCC(=O)Nc4cccc(Cl)c4Cl)cc3)C2)cc1. The van der Waals surface area contributed by atoms with E-state index >= 15 is 0 Å². The van der Waals surface area contributed by atoms with Crippen LogP contribution in [0.3, 0.4) is 0 Å². The molecule has 1 fully saturated rings. The van der Waals surface area contributed by atoms with Crippen molar-refractivity contribution >= 4 is 52.3 Å². The average Bonchev–Trinajstić information content (AvgIpc) is 3.31. The summed E-state index contributed by atoms with van der Waals surface area (Å²) in [6.45, 7) is 0.425. The topological polar surface area (TPSA) is 97.0 Å². The van der Waals surface area contributed by atoms with Gasteiger partial charge in [-0.3, -0.25) is 14.4 Å². The number of rotatable bonds is 9. The second-order valence-corrected chi connectivity index (χ2v) is 9.19. The Morgan fingerprint density at radius 1 is 1.00 bits per heavy atom. The number of amides is 3. The van der Waals surface area contributed by atoms with Gasteiger partial charge < -0.3 is 25.0 Å². The standard InChI is InChI=1S/C27H25Cl2N3O5/c1-36-20-9-5-17(6-10-20)14-30-27(35)18-13-25(34)32(15-18)19-7-11-21(12-8-19)37-16-24(33)31-23-4-2-3-22(28)26(23)29/h2-12,18H,13-16H2,1H3,(H,30,35)(H,31,33)/t18-/m0/s1. The molecule has 8 nitrogen and oxygen atoms in total. The van der Waals surface area contributed by atoms with E-state index < -0.39 is 11.8 Å². The van der Waals surface area contributed by atoms with Gasteiger partial charge in [0.05, 0.1) is 28.8 Å². The maximum absolute atomic E-state index is 12.6. The molecule has 2 N–H and O–H groups in total. The maximum atomic E-state index is 12.6. The van der Waals surface area contributed by atoms with Crippen LogP contribution in [0.15, 0.2) is 66.7 Å². The van der Waals surface area contributed by atoms with Crippen LogP contribution < -0.4 is 25.0 Å². The van der Waals surface area contributed by atoms with E-state index in [-0.39, 0.29) is 36.4 Å². The summed E-state index contributed by atoms with van der Waals surface area (Å²) in [6, 6.07) is 19.1. The van der Waals surface area contributed by atoms with Crippen molar-refractivity contribution in [3.63, 3.8) is 0 Å². The monoisotopic (exact) mass is 541 g/mol. The minimum absolute atomic E-state index is 0.129. The molecule has 0 radical (unpaired) electrons. The lowest BCUT2D eigenvalue weighted by atomic mass is 10.1. The lowest BCUT2D eigenvalue weighted by Crippen LogP contribution is -2.32. The Balaban J connectivity index is 1.26. The van der Waals surface area contributed by atoms with Gasteiger partial charge in [0.1, 0.15) is 11.5 Å². The van der Waals surface area contributed by atoms with E-state index in [4.69, 9.17) is 32.7 Å². The van der Waals surface area contributed by atoms with E-state index in [1.54, 1.807) is 54.5 Å². The van der Waals surface area contributed by atoms with Crippen molar-refractivity contribution in [3.05, 3.63) is 82.3 Å². The molecular weight excluding hydrogens is 517 g/mol. The number of methoxy groups -OCH3 is 1. The Hall–Kier alpha value is -3.75. The third-order valence-electron chi connectivity index (χ3n) is 5.87. The van der Waals surface area contributed by atoms with Crippen LogP contribution in [-0.2, 0) is 20.9 Å². The van der Waals surface area contributed by atoms with Gasteiger partial charge in [-0.2, -0.15) is 0 Å². The molecule has 1 atom stereocenters. The second kappa shape index (κ2) is 12.0. The van der Waals surface area contributed by atoms with Crippen LogP contribution in [-0.4, -0.2) is 38.0 Å². The Morgan fingerprint density at radius 2 is 1.70 bits per heavy atom. The zero-order valence-electron chi connectivity index (χ0n) is 20.0. The number of halogens is 2. The molecule has 0 spiro atoms. The van der Waals surface area contributed by atoms with Crippen LogP contribution in [0, 0.1) is 5.92 Å². The number of carbonyl (C=O) groups excluding carboxylic acids is 3. The minimum Gasteiger partial charge on any atom is -0.497 e. The summed E-state index contributed by atoms with van der Waals surface area (Å²) >= 11 is 12.0. The van der Waals surface area contributed by atoms with Crippen LogP contribution in [0.1, 0.15) is 12.0 Å². The lowest BCUT2D eigenvalue weighted by Gasteiger charge is -2.17. The first-order chi connectivity index (χ1) is 17.8. The van der Waals surface area contributed by atoms with Crippen LogP contribution in [0.25, 0.3) is 0 Å². The summed E-state index contributed by atoms with van der Waals surface area (Å²) < 4.78 is 10.7. The van der Waals surface area contributed by atoms with Crippen molar-refractivity contribution in [1.29, 1.82) is 0 Å². The summed E-state index contributed by atoms with van der Waals surface area (Å²) in [4.78, 5) is 39.0.